The van der Waals surface area contributed by atoms with E-state index in [4.69, 9.17) is 14.2 Å². The largest absolute Gasteiger partial charge is 0.493 e. The van der Waals surface area contributed by atoms with E-state index >= 15 is 0 Å². The van der Waals surface area contributed by atoms with Crippen LogP contribution in [0, 0.1) is 0 Å². The van der Waals surface area contributed by atoms with Crippen LogP contribution in [-0.2, 0) is 22.6 Å². The molecule has 31 heavy (non-hydrogen) atoms. The molecule has 0 saturated heterocycles. The van der Waals surface area contributed by atoms with Gasteiger partial charge in [-0.25, -0.2) is 4.98 Å². The van der Waals surface area contributed by atoms with E-state index < -0.39 is 0 Å². The van der Waals surface area contributed by atoms with Crippen molar-refractivity contribution in [2.75, 3.05) is 19.1 Å². The standard InChI is InChI=1S/C21H21BrN4O4S/c1-3-29-19(27)10-16-13-31-21(25-16)26-24-11-14-8-17(22)20(18(9-14)28-2)30-12-15-6-4-5-7-23-15/h4-9,11,13H,3,10,12H2,1-2H3,(H,25,26). The van der Waals surface area contributed by atoms with Crippen molar-refractivity contribution in [1.82, 2.24) is 9.97 Å². The lowest BCUT2D eigenvalue weighted by Gasteiger charge is -2.13. The Kier molecular flexibility index (Phi) is 8.36. The number of nitrogens with one attached hydrogen (secondary N) is 1. The molecule has 162 valence electrons. The summed E-state index contributed by atoms with van der Waals surface area (Å²) >= 11 is 4.89. The summed E-state index contributed by atoms with van der Waals surface area (Å²) in [4.78, 5) is 20.1. The van der Waals surface area contributed by atoms with E-state index in [1.54, 1.807) is 31.8 Å². The quantitative estimate of drug-likeness (QED) is 0.247. The second kappa shape index (κ2) is 11.4. The zero-order chi connectivity index (χ0) is 22.1. The summed E-state index contributed by atoms with van der Waals surface area (Å²) in [6, 6.07) is 9.35. The second-order valence-corrected chi connectivity index (χ2v) is 7.85. The average Bonchev–Trinajstić information content (AvgIpc) is 3.20. The lowest BCUT2D eigenvalue weighted by molar-refractivity contribution is -0.142. The first kappa shape index (κ1) is 22.7. The van der Waals surface area contributed by atoms with Gasteiger partial charge in [0, 0.05) is 11.6 Å². The van der Waals surface area contributed by atoms with Gasteiger partial charge in [0.1, 0.15) is 6.61 Å². The minimum absolute atomic E-state index is 0.139. The molecule has 0 unspecified atom stereocenters. The van der Waals surface area contributed by atoms with Gasteiger partial charge in [0.05, 0.1) is 42.2 Å². The molecule has 2 aromatic heterocycles. The van der Waals surface area contributed by atoms with Gasteiger partial charge in [0.2, 0.25) is 5.13 Å². The summed E-state index contributed by atoms with van der Waals surface area (Å²) in [5.41, 5.74) is 5.12. The highest BCUT2D eigenvalue weighted by Crippen LogP contribution is 2.36. The van der Waals surface area contributed by atoms with Gasteiger partial charge in [-0.15, -0.1) is 11.3 Å². The first-order valence-corrected chi connectivity index (χ1v) is 11.1. The number of nitrogens with zero attached hydrogens (tertiary/aromatic N) is 3. The van der Waals surface area contributed by atoms with Crippen molar-refractivity contribution in [2.45, 2.75) is 20.0 Å². The molecule has 1 aromatic carbocycles. The van der Waals surface area contributed by atoms with Gasteiger partial charge in [0.15, 0.2) is 11.5 Å². The van der Waals surface area contributed by atoms with Crippen LogP contribution in [0.15, 0.2) is 51.5 Å². The molecule has 3 aromatic rings. The fourth-order valence-electron chi connectivity index (χ4n) is 2.55. The fourth-order valence-corrected chi connectivity index (χ4v) is 3.78. The molecule has 0 aliphatic carbocycles. The van der Waals surface area contributed by atoms with Crippen molar-refractivity contribution in [1.29, 1.82) is 0 Å². The van der Waals surface area contributed by atoms with Crippen molar-refractivity contribution in [3.63, 3.8) is 0 Å². The van der Waals surface area contributed by atoms with Crippen LogP contribution in [0.5, 0.6) is 11.5 Å². The van der Waals surface area contributed by atoms with Crippen LogP contribution in [0.25, 0.3) is 0 Å². The minimum atomic E-state index is -0.301. The first-order valence-electron chi connectivity index (χ1n) is 9.38. The number of anilines is 1. The predicted molar refractivity (Wildman–Crippen MR) is 123 cm³/mol. The first-order chi connectivity index (χ1) is 15.1. The number of carbonyl (C=O) groups excluding carboxylic acids is 1. The van der Waals surface area contributed by atoms with Gasteiger partial charge in [-0.2, -0.15) is 5.10 Å². The van der Waals surface area contributed by atoms with E-state index in [0.29, 0.717) is 35.5 Å². The summed E-state index contributed by atoms with van der Waals surface area (Å²) in [5, 5.41) is 6.58. The third-order valence-electron chi connectivity index (χ3n) is 3.90. The third kappa shape index (κ3) is 6.76. The Morgan fingerprint density at radius 3 is 2.94 bits per heavy atom. The zero-order valence-electron chi connectivity index (χ0n) is 17.0. The van der Waals surface area contributed by atoms with E-state index in [1.165, 1.54) is 11.3 Å². The van der Waals surface area contributed by atoms with Crippen LogP contribution in [0.4, 0.5) is 5.13 Å². The smallest absolute Gasteiger partial charge is 0.311 e. The van der Waals surface area contributed by atoms with Crippen LogP contribution in [-0.4, -0.2) is 35.9 Å². The molecule has 0 atom stereocenters. The number of aromatic nitrogens is 2. The molecule has 2 heterocycles. The molecule has 0 aliphatic heterocycles. The molecule has 3 rings (SSSR count). The summed E-state index contributed by atoms with van der Waals surface area (Å²) < 4.78 is 17.0. The number of ether oxygens (including phenoxy) is 3. The number of hydrogen-bond acceptors (Lipinski definition) is 9. The maximum absolute atomic E-state index is 11.5. The highest BCUT2D eigenvalue weighted by molar-refractivity contribution is 9.10. The van der Waals surface area contributed by atoms with Crippen LogP contribution in [0.3, 0.4) is 0 Å². The second-order valence-electron chi connectivity index (χ2n) is 6.14. The van der Waals surface area contributed by atoms with Gasteiger partial charge >= 0.3 is 5.97 Å². The topological polar surface area (TPSA) is 94.9 Å². The Morgan fingerprint density at radius 1 is 1.32 bits per heavy atom. The number of benzene rings is 1. The highest BCUT2D eigenvalue weighted by atomic mass is 79.9. The molecule has 0 fully saturated rings. The van der Waals surface area contributed by atoms with E-state index in [1.807, 2.05) is 30.3 Å². The zero-order valence-corrected chi connectivity index (χ0v) is 19.4. The van der Waals surface area contributed by atoms with Gasteiger partial charge in [-0.3, -0.25) is 15.2 Å². The number of esters is 1. The molecule has 1 N–H and O–H groups in total. The molecule has 10 heteroatoms. The Morgan fingerprint density at radius 2 is 2.19 bits per heavy atom. The van der Waals surface area contributed by atoms with Crippen molar-refractivity contribution < 1.29 is 19.0 Å². The Labute approximate surface area is 192 Å². The van der Waals surface area contributed by atoms with Crippen molar-refractivity contribution in [3.05, 3.63) is 63.3 Å². The lowest BCUT2D eigenvalue weighted by atomic mass is 10.2. The van der Waals surface area contributed by atoms with Gasteiger partial charge in [-0.05, 0) is 52.7 Å². The van der Waals surface area contributed by atoms with Crippen LogP contribution < -0.4 is 14.9 Å². The predicted octanol–water partition coefficient (Wildman–Crippen LogP) is 4.44. The SMILES string of the molecule is CCOC(=O)Cc1csc(NN=Cc2cc(Br)c(OCc3ccccn3)c(OC)c2)n1. The molecule has 0 radical (unpaired) electrons. The maximum atomic E-state index is 11.5. The number of rotatable bonds is 10. The molecule has 0 spiro atoms. The van der Waals surface area contributed by atoms with Crippen molar-refractivity contribution >= 4 is 44.6 Å². The van der Waals surface area contributed by atoms with Gasteiger partial charge in [0.25, 0.3) is 0 Å². The number of methoxy groups -OCH3 is 1. The summed E-state index contributed by atoms with van der Waals surface area (Å²) in [7, 11) is 1.58. The number of thiazole rings is 1. The lowest BCUT2D eigenvalue weighted by Crippen LogP contribution is -2.07. The van der Waals surface area contributed by atoms with E-state index in [-0.39, 0.29) is 12.4 Å². The normalized spacial score (nSPS) is 10.8. The molecule has 0 saturated carbocycles. The molecule has 0 amide bonds. The number of halogens is 1. The van der Waals surface area contributed by atoms with E-state index in [2.05, 4.69) is 36.4 Å². The van der Waals surface area contributed by atoms with Gasteiger partial charge in [-0.1, -0.05) is 6.07 Å². The van der Waals surface area contributed by atoms with Crippen LogP contribution in [0.2, 0.25) is 0 Å². The Hall–Kier alpha value is -2.98. The van der Waals surface area contributed by atoms with E-state index in [0.717, 1.165) is 15.7 Å². The fraction of sp³-hybridized carbons (Fsp3) is 0.238. The maximum Gasteiger partial charge on any atom is 0.311 e. The third-order valence-corrected chi connectivity index (χ3v) is 5.28. The molecule has 0 bridgehead atoms. The van der Waals surface area contributed by atoms with Crippen LogP contribution in [0.1, 0.15) is 23.9 Å². The van der Waals surface area contributed by atoms with Crippen LogP contribution >= 0.6 is 27.3 Å². The Bertz CT molecular complexity index is 1040. The number of hydrogen-bond donors (Lipinski definition) is 1. The number of carbonyl (C=O) groups is 1. The molecular weight excluding hydrogens is 484 g/mol. The van der Waals surface area contributed by atoms with Gasteiger partial charge < -0.3 is 14.2 Å². The van der Waals surface area contributed by atoms with E-state index in [9.17, 15) is 4.79 Å². The monoisotopic (exact) mass is 504 g/mol. The number of hydrazone groups is 1. The molecule has 0 aliphatic rings. The summed E-state index contributed by atoms with van der Waals surface area (Å²) in [5.74, 6) is 0.852. The molecule has 8 nitrogen and oxygen atoms in total. The summed E-state index contributed by atoms with van der Waals surface area (Å²) in [6.07, 6.45) is 3.50. The summed E-state index contributed by atoms with van der Waals surface area (Å²) in [6.45, 7) is 2.44. The van der Waals surface area contributed by atoms with Crippen molar-refractivity contribution in [3.8, 4) is 11.5 Å². The number of pyridine rings is 1. The Balaban J connectivity index is 1.62. The van der Waals surface area contributed by atoms with Crippen molar-refractivity contribution in [2.24, 2.45) is 5.10 Å². The highest BCUT2D eigenvalue weighted by Gasteiger charge is 2.12. The molecular formula is C21H21BrN4O4S. The minimum Gasteiger partial charge on any atom is -0.493 e. The average molecular weight is 505 g/mol.